The van der Waals surface area contributed by atoms with Crippen LogP contribution in [0.1, 0.15) is 19.8 Å². The van der Waals surface area contributed by atoms with Crippen molar-refractivity contribution in [3.8, 4) is 11.5 Å². The molecule has 0 unspecified atom stereocenters. The standard InChI is InChI=1S/C24H29N3O5/c1-2-31-21-11-7-6-10-20(21)26-24(30)23(29)25-16-18-12-14-27(15-13-18)22(28)17-32-19-8-4-3-5-9-19/h3-11,18H,2,12-17H2,1H3,(H,25,29)(H,26,30). The third-order valence-electron chi connectivity index (χ3n) is 5.27. The number of para-hydroxylation sites is 3. The molecule has 8 nitrogen and oxygen atoms in total. The van der Waals surface area contributed by atoms with Crippen molar-refractivity contribution in [2.24, 2.45) is 5.92 Å². The summed E-state index contributed by atoms with van der Waals surface area (Å²) < 4.78 is 11.0. The molecule has 0 aromatic heterocycles. The molecule has 0 aliphatic carbocycles. The minimum Gasteiger partial charge on any atom is -0.492 e. The second-order valence-corrected chi connectivity index (χ2v) is 7.52. The van der Waals surface area contributed by atoms with Gasteiger partial charge in [-0.3, -0.25) is 14.4 Å². The molecule has 2 N–H and O–H groups in total. The van der Waals surface area contributed by atoms with Crippen LogP contribution in [0, 0.1) is 5.92 Å². The fourth-order valence-corrected chi connectivity index (χ4v) is 3.49. The lowest BCUT2D eigenvalue weighted by Crippen LogP contribution is -2.44. The SMILES string of the molecule is CCOc1ccccc1NC(=O)C(=O)NCC1CCN(C(=O)COc2ccccc2)CC1. The van der Waals surface area contributed by atoms with Gasteiger partial charge < -0.3 is 25.0 Å². The van der Waals surface area contributed by atoms with Gasteiger partial charge in [-0.05, 0) is 49.9 Å². The van der Waals surface area contributed by atoms with Crippen LogP contribution in [0.15, 0.2) is 54.6 Å². The van der Waals surface area contributed by atoms with Crippen molar-refractivity contribution in [3.63, 3.8) is 0 Å². The molecule has 0 atom stereocenters. The zero-order valence-corrected chi connectivity index (χ0v) is 18.2. The third-order valence-corrected chi connectivity index (χ3v) is 5.27. The van der Waals surface area contributed by atoms with Gasteiger partial charge in [0.1, 0.15) is 11.5 Å². The number of hydrogen-bond donors (Lipinski definition) is 2. The van der Waals surface area contributed by atoms with Crippen molar-refractivity contribution in [3.05, 3.63) is 54.6 Å². The second kappa shape index (κ2) is 11.7. The van der Waals surface area contributed by atoms with Crippen LogP contribution < -0.4 is 20.1 Å². The zero-order valence-electron chi connectivity index (χ0n) is 18.2. The maximum Gasteiger partial charge on any atom is 0.313 e. The van der Waals surface area contributed by atoms with Gasteiger partial charge in [0.05, 0.1) is 12.3 Å². The van der Waals surface area contributed by atoms with Crippen LogP contribution in [0.2, 0.25) is 0 Å². The quantitative estimate of drug-likeness (QED) is 0.616. The molecule has 170 valence electrons. The number of carbonyl (C=O) groups excluding carboxylic acids is 3. The fourth-order valence-electron chi connectivity index (χ4n) is 3.49. The molecule has 3 amide bonds. The van der Waals surface area contributed by atoms with Gasteiger partial charge in [0.25, 0.3) is 5.91 Å². The first kappa shape index (κ1) is 23.1. The second-order valence-electron chi connectivity index (χ2n) is 7.52. The number of amides is 3. The highest BCUT2D eigenvalue weighted by molar-refractivity contribution is 6.39. The van der Waals surface area contributed by atoms with Crippen molar-refractivity contribution in [2.75, 3.05) is 38.2 Å². The molecule has 0 radical (unpaired) electrons. The van der Waals surface area contributed by atoms with E-state index in [1.807, 2.05) is 37.3 Å². The monoisotopic (exact) mass is 439 g/mol. The molecule has 32 heavy (non-hydrogen) atoms. The van der Waals surface area contributed by atoms with E-state index in [0.717, 1.165) is 12.8 Å². The molecule has 1 aliphatic heterocycles. The van der Waals surface area contributed by atoms with Crippen LogP contribution in [0.25, 0.3) is 0 Å². The number of carbonyl (C=O) groups is 3. The van der Waals surface area contributed by atoms with E-state index in [2.05, 4.69) is 10.6 Å². The van der Waals surface area contributed by atoms with Crippen molar-refractivity contribution < 1.29 is 23.9 Å². The number of likely N-dealkylation sites (tertiary alicyclic amines) is 1. The highest BCUT2D eigenvalue weighted by Gasteiger charge is 2.24. The van der Waals surface area contributed by atoms with E-state index in [0.29, 0.717) is 43.4 Å². The van der Waals surface area contributed by atoms with E-state index in [1.54, 1.807) is 29.2 Å². The Morgan fingerprint density at radius 2 is 1.62 bits per heavy atom. The molecule has 3 rings (SSSR count). The maximum absolute atomic E-state index is 12.3. The van der Waals surface area contributed by atoms with Gasteiger partial charge >= 0.3 is 11.8 Å². The molecule has 1 fully saturated rings. The summed E-state index contributed by atoms with van der Waals surface area (Å²) in [6.45, 7) is 3.91. The topological polar surface area (TPSA) is 97.0 Å². The smallest absolute Gasteiger partial charge is 0.313 e. The number of nitrogens with one attached hydrogen (secondary N) is 2. The third kappa shape index (κ3) is 6.73. The predicted octanol–water partition coefficient (Wildman–Crippen LogP) is 2.46. The van der Waals surface area contributed by atoms with Crippen molar-refractivity contribution in [1.82, 2.24) is 10.2 Å². The number of benzene rings is 2. The largest absolute Gasteiger partial charge is 0.492 e. The van der Waals surface area contributed by atoms with Gasteiger partial charge in [0.15, 0.2) is 6.61 Å². The predicted molar refractivity (Wildman–Crippen MR) is 120 cm³/mol. The van der Waals surface area contributed by atoms with Gasteiger partial charge in [-0.2, -0.15) is 0 Å². The minimum absolute atomic E-state index is 0.00874. The van der Waals surface area contributed by atoms with Crippen molar-refractivity contribution in [2.45, 2.75) is 19.8 Å². The number of ether oxygens (including phenoxy) is 2. The first-order chi connectivity index (χ1) is 15.6. The van der Waals surface area contributed by atoms with Gasteiger partial charge in [-0.25, -0.2) is 0 Å². The molecule has 0 spiro atoms. The van der Waals surface area contributed by atoms with E-state index < -0.39 is 11.8 Å². The summed E-state index contributed by atoms with van der Waals surface area (Å²) in [5, 5.41) is 5.28. The van der Waals surface area contributed by atoms with Crippen LogP contribution in [-0.4, -0.2) is 55.5 Å². The molecule has 0 bridgehead atoms. The molecule has 1 heterocycles. The summed E-state index contributed by atoms with van der Waals surface area (Å²) in [4.78, 5) is 38.6. The van der Waals surface area contributed by atoms with E-state index in [-0.39, 0.29) is 18.4 Å². The molecule has 0 saturated carbocycles. The Bertz CT molecular complexity index is 911. The average Bonchev–Trinajstić information content (AvgIpc) is 2.83. The lowest BCUT2D eigenvalue weighted by molar-refractivity contribution is -0.136. The number of hydrogen-bond acceptors (Lipinski definition) is 5. The van der Waals surface area contributed by atoms with Crippen molar-refractivity contribution >= 4 is 23.4 Å². The summed E-state index contributed by atoms with van der Waals surface area (Å²) >= 11 is 0. The number of nitrogens with zero attached hydrogens (tertiary/aromatic N) is 1. The highest BCUT2D eigenvalue weighted by atomic mass is 16.5. The number of rotatable bonds is 8. The maximum atomic E-state index is 12.3. The summed E-state index contributed by atoms with van der Waals surface area (Å²) in [6, 6.07) is 16.2. The first-order valence-corrected chi connectivity index (χ1v) is 10.8. The van der Waals surface area contributed by atoms with Crippen LogP contribution in [0.5, 0.6) is 11.5 Å². The zero-order chi connectivity index (χ0) is 22.8. The molecule has 2 aromatic rings. The Labute approximate surface area is 187 Å². The average molecular weight is 440 g/mol. The van der Waals surface area contributed by atoms with Crippen LogP contribution in [0.3, 0.4) is 0 Å². The Morgan fingerprint density at radius 1 is 0.938 bits per heavy atom. The van der Waals surface area contributed by atoms with Crippen molar-refractivity contribution in [1.29, 1.82) is 0 Å². The molecule has 8 heteroatoms. The highest BCUT2D eigenvalue weighted by Crippen LogP contribution is 2.23. The van der Waals surface area contributed by atoms with E-state index >= 15 is 0 Å². The van der Waals surface area contributed by atoms with Gasteiger partial charge in [0.2, 0.25) is 0 Å². The number of anilines is 1. The molecule has 1 aliphatic rings. The summed E-state index contributed by atoms with van der Waals surface area (Å²) in [7, 11) is 0. The Kier molecular flexibility index (Phi) is 8.48. The normalized spacial score (nSPS) is 13.8. The van der Waals surface area contributed by atoms with E-state index in [4.69, 9.17) is 9.47 Å². The Hall–Kier alpha value is -3.55. The Balaban J connectivity index is 1.37. The van der Waals surface area contributed by atoms with Gasteiger partial charge in [-0.1, -0.05) is 30.3 Å². The fraction of sp³-hybridized carbons (Fsp3) is 0.375. The van der Waals surface area contributed by atoms with Crippen LogP contribution in [-0.2, 0) is 14.4 Å². The van der Waals surface area contributed by atoms with E-state index in [9.17, 15) is 14.4 Å². The lowest BCUT2D eigenvalue weighted by atomic mass is 9.96. The van der Waals surface area contributed by atoms with Gasteiger partial charge in [0, 0.05) is 19.6 Å². The number of piperidine rings is 1. The molecular weight excluding hydrogens is 410 g/mol. The summed E-state index contributed by atoms with van der Waals surface area (Å²) in [6.07, 6.45) is 1.51. The molecular formula is C24H29N3O5. The molecule has 2 aromatic carbocycles. The summed E-state index contributed by atoms with van der Waals surface area (Å²) in [5.74, 6) is -0.0795. The first-order valence-electron chi connectivity index (χ1n) is 10.8. The minimum atomic E-state index is -0.733. The van der Waals surface area contributed by atoms with Crippen LogP contribution in [0.4, 0.5) is 5.69 Å². The van der Waals surface area contributed by atoms with Gasteiger partial charge in [-0.15, -0.1) is 0 Å². The lowest BCUT2D eigenvalue weighted by Gasteiger charge is -2.32. The molecule has 1 saturated heterocycles. The van der Waals surface area contributed by atoms with Crippen LogP contribution >= 0.6 is 0 Å². The van der Waals surface area contributed by atoms with E-state index in [1.165, 1.54) is 0 Å². The Morgan fingerprint density at radius 3 is 2.34 bits per heavy atom. The summed E-state index contributed by atoms with van der Waals surface area (Å²) in [5.41, 5.74) is 0.457.